The molecule has 0 heterocycles. The molecule has 0 aromatic carbocycles. The molecule has 0 aromatic heterocycles. The summed E-state index contributed by atoms with van der Waals surface area (Å²) < 4.78 is 0. The lowest BCUT2D eigenvalue weighted by atomic mass is 9.97. The lowest BCUT2D eigenvalue weighted by Crippen LogP contribution is -2.08. The third kappa shape index (κ3) is 1.91. The summed E-state index contributed by atoms with van der Waals surface area (Å²) in [4.78, 5) is 10.8. The quantitative estimate of drug-likeness (QED) is 0.530. The molecule has 0 saturated carbocycles. The number of carbonyl (C=O) groups is 1. The molecule has 1 aliphatic carbocycles. The van der Waals surface area contributed by atoms with Crippen molar-refractivity contribution in [3.05, 3.63) is 11.6 Å². The van der Waals surface area contributed by atoms with Crippen molar-refractivity contribution in [1.82, 2.24) is 0 Å². The van der Waals surface area contributed by atoms with Gasteiger partial charge in [0.15, 0.2) is 5.78 Å². The highest BCUT2D eigenvalue weighted by Crippen LogP contribution is 2.23. The molecular weight excluding hydrogens is 143 g/mol. The summed E-state index contributed by atoms with van der Waals surface area (Å²) in [7, 11) is 2.80. The molecule has 0 bridgehead atoms. The van der Waals surface area contributed by atoms with Crippen LogP contribution in [0, 0.1) is 0 Å². The fraction of sp³-hybridized carbons (Fsp3) is 0.625. The minimum Gasteiger partial charge on any atom is -0.295 e. The van der Waals surface area contributed by atoms with Crippen LogP contribution in [0.1, 0.15) is 26.2 Å². The minimum absolute atomic E-state index is 0.247. The van der Waals surface area contributed by atoms with E-state index in [4.69, 9.17) is 0 Å². The molecular formula is C8H13OP. The Kier molecular flexibility index (Phi) is 2.62. The first kappa shape index (κ1) is 7.94. The summed E-state index contributed by atoms with van der Waals surface area (Å²) in [6.45, 7) is 1.65. The van der Waals surface area contributed by atoms with Crippen LogP contribution in [0.4, 0.5) is 0 Å². The Labute approximate surface area is 64.1 Å². The minimum atomic E-state index is 0.247. The van der Waals surface area contributed by atoms with Crippen LogP contribution in [0.2, 0.25) is 0 Å². The summed E-state index contributed by atoms with van der Waals surface area (Å²) in [5.74, 6) is 0.247. The van der Waals surface area contributed by atoms with E-state index in [-0.39, 0.29) is 5.78 Å². The molecule has 0 aromatic rings. The number of hydrogen-bond acceptors (Lipinski definition) is 1. The van der Waals surface area contributed by atoms with Crippen molar-refractivity contribution in [3.63, 3.8) is 0 Å². The van der Waals surface area contributed by atoms with Crippen molar-refractivity contribution in [2.24, 2.45) is 0 Å². The normalized spacial score (nSPS) is 25.8. The predicted octanol–water partition coefficient (Wildman–Crippen LogP) is 1.93. The molecule has 2 unspecified atom stereocenters. The highest BCUT2D eigenvalue weighted by atomic mass is 31.0. The molecule has 0 saturated heterocycles. The Balaban J connectivity index is 2.56. The summed E-state index contributed by atoms with van der Waals surface area (Å²) in [5.41, 5.74) is 1.72. The lowest BCUT2D eigenvalue weighted by Gasteiger charge is -2.15. The van der Waals surface area contributed by atoms with Crippen LogP contribution in [-0.4, -0.2) is 11.4 Å². The third-order valence-electron chi connectivity index (χ3n) is 1.90. The Hall–Kier alpha value is -0.160. The van der Waals surface area contributed by atoms with Gasteiger partial charge in [0, 0.05) is 0 Å². The Bertz CT molecular complexity index is 172. The van der Waals surface area contributed by atoms with Gasteiger partial charge in [-0.05, 0) is 37.4 Å². The van der Waals surface area contributed by atoms with Crippen molar-refractivity contribution in [3.8, 4) is 0 Å². The van der Waals surface area contributed by atoms with Crippen LogP contribution in [0.25, 0.3) is 0 Å². The van der Waals surface area contributed by atoms with Crippen LogP contribution in [-0.2, 0) is 4.79 Å². The predicted molar refractivity (Wildman–Crippen MR) is 46.1 cm³/mol. The van der Waals surface area contributed by atoms with E-state index >= 15 is 0 Å². The first-order chi connectivity index (χ1) is 4.70. The van der Waals surface area contributed by atoms with Gasteiger partial charge >= 0.3 is 0 Å². The van der Waals surface area contributed by atoms with Gasteiger partial charge in [-0.25, -0.2) is 0 Å². The van der Waals surface area contributed by atoms with Gasteiger partial charge in [0.2, 0.25) is 0 Å². The largest absolute Gasteiger partial charge is 0.295 e. The van der Waals surface area contributed by atoms with E-state index in [0.717, 1.165) is 24.8 Å². The molecule has 0 aliphatic heterocycles. The van der Waals surface area contributed by atoms with Crippen LogP contribution in [0.3, 0.4) is 0 Å². The maximum absolute atomic E-state index is 10.8. The molecule has 1 rings (SSSR count). The maximum atomic E-state index is 10.8. The van der Waals surface area contributed by atoms with Gasteiger partial charge in [-0.3, -0.25) is 4.79 Å². The van der Waals surface area contributed by atoms with Crippen LogP contribution in [0.5, 0.6) is 0 Å². The second kappa shape index (κ2) is 3.30. The first-order valence-electron chi connectivity index (χ1n) is 3.65. The van der Waals surface area contributed by atoms with E-state index in [9.17, 15) is 4.79 Å². The van der Waals surface area contributed by atoms with Crippen molar-refractivity contribution >= 4 is 15.0 Å². The number of allylic oxidation sites excluding steroid dienone is 2. The zero-order valence-electron chi connectivity index (χ0n) is 6.26. The molecule has 56 valence electrons. The molecule has 0 N–H and O–H groups in total. The van der Waals surface area contributed by atoms with Gasteiger partial charge in [-0.2, -0.15) is 0 Å². The molecule has 2 atom stereocenters. The van der Waals surface area contributed by atoms with E-state index < -0.39 is 0 Å². The molecule has 1 aliphatic rings. The van der Waals surface area contributed by atoms with Crippen LogP contribution >= 0.6 is 9.24 Å². The third-order valence-corrected chi connectivity index (χ3v) is 2.51. The van der Waals surface area contributed by atoms with Crippen molar-refractivity contribution in [2.45, 2.75) is 31.8 Å². The second-order valence-corrected chi connectivity index (χ2v) is 3.76. The first-order valence-corrected chi connectivity index (χ1v) is 4.32. The monoisotopic (exact) mass is 156 g/mol. The molecule has 1 nitrogen and oxygen atoms in total. The standard InChI is InChI=1S/C8H13OP/c1-6(9)7-2-4-8(10)5-3-7/h2,8H,3-5,10H2,1H3. The zero-order chi connectivity index (χ0) is 7.56. The number of hydrogen-bond donors (Lipinski definition) is 0. The molecule has 0 amide bonds. The van der Waals surface area contributed by atoms with E-state index in [1.54, 1.807) is 6.92 Å². The molecule has 10 heavy (non-hydrogen) atoms. The van der Waals surface area contributed by atoms with Gasteiger partial charge in [0.1, 0.15) is 0 Å². The lowest BCUT2D eigenvalue weighted by molar-refractivity contribution is -0.113. The van der Waals surface area contributed by atoms with E-state index in [2.05, 4.69) is 15.3 Å². The van der Waals surface area contributed by atoms with Gasteiger partial charge in [-0.1, -0.05) is 6.08 Å². The Morgan fingerprint density at radius 1 is 1.80 bits per heavy atom. The number of rotatable bonds is 1. The highest BCUT2D eigenvalue weighted by Gasteiger charge is 2.12. The average Bonchev–Trinajstić information content (AvgIpc) is 1.88. The van der Waals surface area contributed by atoms with E-state index in [1.165, 1.54) is 0 Å². The summed E-state index contributed by atoms with van der Waals surface area (Å²) in [6, 6.07) is 0. The highest BCUT2D eigenvalue weighted by molar-refractivity contribution is 7.17. The Morgan fingerprint density at radius 2 is 2.50 bits per heavy atom. The average molecular weight is 156 g/mol. The van der Waals surface area contributed by atoms with Gasteiger partial charge in [-0.15, -0.1) is 9.24 Å². The van der Waals surface area contributed by atoms with Gasteiger partial charge in [0.25, 0.3) is 0 Å². The molecule has 2 heteroatoms. The molecule has 0 fully saturated rings. The maximum Gasteiger partial charge on any atom is 0.155 e. The fourth-order valence-corrected chi connectivity index (χ4v) is 1.48. The smallest absolute Gasteiger partial charge is 0.155 e. The van der Waals surface area contributed by atoms with Gasteiger partial charge in [0.05, 0.1) is 0 Å². The second-order valence-electron chi connectivity index (χ2n) is 2.82. The van der Waals surface area contributed by atoms with Crippen LogP contribution in [0.15, 0.2) is 11.6 Å². The summed E-state index contributed by atoms with van der Waals surface area (Å²) in [5, 5.41) is 0. The van der Waals surface area contributed by atoms with Crippen molar-refractivity contribution in [2.75, 3.05) is 0 Å². The number of ketones is 1. The molecule has 0 spiro atoms. The van der Waals surface area contributed by atoms with Crippen LogP contribution < -0.4 is 0 Å². The van der Waals surface area contributed by atoms with Gasteiger partial charge < -0.3 is 0 Å². The fourth-order valence-electron chi connectivity index (χ4n) is 1.17. The van der Waals surface area contributed by atoms with Crippen molar-refractivity contribution in [1.29, 1.82) is 0 Å². The molecule has 0 radical (unpaired) electrons. The Morgan fingerprint density at radius 3 is 2.90 bits per heavy atom. The van der Waals surface area contributed by atoms with E-state index in [0.29, 0.717) is 5.66 Å². The van der Waals surface area contributed by atoms with Crippen molar-refractivity contribution < 1.29 is 4.79 Å². The summed E-state index contributed by atoms with van der Waals surface area (Å²) >= 11 is 0. The van der Waals surface area contributed by atoms with E-state index in [1.807, 2.05) is 0 Å². The SMILES string of the molecule is CC(=O)C1=CCC(P)CC1. The summed E-state index contributed by atoms with van der Waals surface area (Å²) in [6.07, 6.45) is 5.25. The topological polar surface area (TPSA) is 17.1 Å². The zero-order valence-corrected chi connectivity index (χ0v) is 7.42. The number of carbonyl (C=O) groups excluding carboxylic acids is 1. The number of Topliss-reactive ketones (excluding diaryl/α,β-unsaturated/α-hetero) is 1.